The molecule has 5 atom stereocenters. The van der Waals surface area contributed by atoms with Crippen LogP contribution in [0.2, 0.25) is 18.6 Å². The maximum absolute atomic E-state index is 16.6. The van der Waals surface area contributed by atoms with Gasteiger partial charge in [-0.05, 0) is 110 Å². The van der Waals surface area contributed by atoms with Crippen LogP contribution in [0.1, 0.15) is 58.0 Å². The largest absolute Gasteiger partial charge is 0.497 e. The number of aliphatic hydroxyl groups is 1. The Kier molecular flexibility index (Phi) is 11.5. The lowest BCUT2D eigenvalue weighted by Gasteiger charge is -2.31. The Morgan fingerprint density at radius 3 is 2.07 bits per heavy atom. The van der Waals surface area contributed by atoms with Crippen molar-refractivity contribution >= 4 is 49.1 Å². The highest BCUT2D eigenvalue weighted by atomic mass is 28.4. The van der Waals surface area contributed by atoms with E-state index in [9.17, 15) is 19.5 Å². The lowest BCUT2D eigenvalue weighted by molar-refractivity contribution is -0.150. The summed E-state index contributed by atoms with van der Waals surface area (Å²) in [6.07, 6.45) is 0.382. The number of rotatable bonds is 12. The monoisotopic (exact) mass is 808 g/mol. The van der Waals surface area contributed by atoms with Gasteiger partial charge in [0.25, 0.3) is 17.7 Å². The lowest BCUT2D eigenvalue weighted by atomic mass is 9.82. The molecule has 2 fully saturated rings. The lowest BCUT2D eigenvalue weighted by Crippen LogP contribution is -2.45. The summed E-state index contributed by atoms with van der Waals surface area (Å²) in [5.74, 6) is -0.812. The van der Waals surface area contributed by atoms with Gasteiger partial charge < -0.3 is 43.9 Å². The van der Waals surface area contributed by atoms with Crippen LogP contribution in [0.5, 0.6) is 11.5 Å². The number of ether oxygens (including phenoxy) is 3. The summed E-state index contributed by atoms with van der Waals surface area (Å²) in [6, 6.07) is 25.4. The van der Waals surface area contributed by atoms with Gasteiger partial charge in [0.15, 0.2) is 5.60 Å². The van der Waals surface area contributed by atoms with Crippen LogP contribution in [0, 0.1) is 5.92 Å². The van der Waals surface area contributed by atoms with Crippen LogP contribution in [0.3, 0.4) is 0 Å². The molecule has 14 heteroatoms. The number of aliphatic hydroxyl groups excluding tert-OH is 1. The van der Waals surface area contributed by atoms with Gasteiger partial charge in [-0.25, -0.2) is 0 Å². The molecule has 58 heavy (non-hydrogen) atoms. The van der Waals surface area contributed by atoms with Crippen LogP contribution in [-0.4, -0.2) is 81.6 Å². The van der Waals surface area contributed by atoms with E-state index in [2.05, 4.69) is 10.6 Å². The number of nitrogens with zero attached hydrogens (tertiary/aromatic N) is 2. The fourth-order valence-corrected chi connectivity index (χ4v) is 11.4. The van der Waals surface area contributed by atoms with E-state index in [-0.39, 0.29) is 43.3 Å². The molecule has 3 heterocycles. The third-order valence-corrected chi connectivity index (χ3v) is 14.2. The van der Waals surface area contributed by atoms with Crippen LogP contribution in [0.15, 0.2) is 91.0 Å². The molecule has 2 saturated heterocycles. The third kappa shape index (κ3) is 7.71. The topological polar surface area (TPSA) is 147 Å². The molecular weight excluding hydrogens is 760 g/mol. The zero-order chi connectivity index (χ0) is 41.4. The molecule has 3 aliphatic rings. The van der Waals surface area contributed by atoms with Gasteiger partial charge in [0.2, 0.25) is 14.3 Å². The van der Waals surface area contributed by atoms with Crippen molar-refractivity contribution in [2.45, 2.75) is 69.1 Å². The van der Waals surface area contributed by atoms with Gasteiger partial charge in [-0.3, -0.25) is 19.2 Å². The fourth-order valence-electron chi connectivity index (χ4n) is 8.95. The van der Waals surface area contributed by atoms with Gasteiger partial charge in [-0.1, -0.05) is 19.1 Å². The van der Waals surface area contributed by atoms with Crippen molar-refractivity contribution in [2.24, 2.45) is 5.92 Å². The number of likely N-dealkylation sites (tertiary alicyclic amines) is 1. The number of halogens is 1. The number of anilines is 3. The van der Waals surface area contributed by atoms with Gasteiger partial charge in [0.1, 0.15) is 11.5 Å². The average molecular weight is 809 g/mol. The Labute approximate surface area is 338 Å². The van der Waals surface area contributed by atoms with Crippen molar-refractivity contribution in [2.75, 3.05) is 42.9 Å². The fraction of sp³-hybridized carbons (Fsp3) is 0.364. The minimum absolute atomic E-state index is 0.0874. The molecule has 0 aromatic heterocycles. The van der Waals surface area contributed by atoms with E-state index >= 15 is 8.90 Å². The first kappa shape index (κ1) is 40.6. The standard InChI is InChI=1S/C44H49FN4O8Si/c1-27-40(58(4,5)45)38(24-39(51)48-21-7-10-33(48)26-50)57-44(27)36-23-32(47-42(53)30-13-18-35(56-3)19-14-30)15-20-37(36)49(43(44)54)25-28-8-6-9-31(22-28)46-41(52)29-11-16-34(55-2)17-12-29/h6,8-9,11-20,22-23,27,33,38,40,50H,7,10,21,24-26H2,1-5H3,(H,46,52)(H,47,53)/t27-,33+,38+,40-,44+/m1/s1. The number of hydrogen-bond acceptors (Lipinski definition) is 8. The molecule has 7 rings (SSSR count). The molecule has 0 radical (unpaired) electrons. The number of hydrogen-bond donors (Lipinski definition) is 3. The number of carbonyl (C=O) groups excluding carboxylic acids is 4. The molecule has 0 aliphatic carbocycles. The van der Waals surface area contributed by atoms with Crippen LogP contribution >= 0.6 is 0 Å². The van der Waals surface area contributed by atoms with E-state index in [1.807, 2.05) is 13.0 Å². The van der Waals surface area contributed by atoms with E-state index in [1.54, 1.807) is 122 Å². The highest BCUT2D eigenvalue weighted by Gasteiger charge is 2.67. The maximum atomic E-state index is 16.6. The summed E-state index contributed by atoms with van der Waals surface area (Å²) >= 11 is 0. The molecule has 4 aromatic carbocycles. The summed E-state index contributed by atoms with van der Waals surface area (Å²) in [5.41, 5.74) is 1.05. The highest BCUT2D eigenvalue weighted by Crippen LogP contribution is 2.60. The summed E-state index contributed by atoms with van der Waals surface area (Å²) in [5, 5.41) is 15.8. The summed E-state index contributed by atoms with van der Waals surface area (Å²) in [7, 11) is -0.520. The average Bonchev–Trinajstić information content (AvgIpc) is 3.88. The zero-order valence-corrected chi connectivity index (χ0v) is 34.3. The second kappa shape index (κ2) is 16.4. The number of nitrogens with one attached hydrogen (secondary N) is 2. The van der Waals surface area contributed by atoms with Crippen molar-refractivity contribution in [1.82, 2.24) is 4.90 Å². The van der Waals surface area contributed by atoms with Gasteiger partial charge in [0, 0.05) is 46.1 Å². The molecule has 3 aliphatic heterocycles. The quantitative estimate of drug-likeness (QED) is 0.104. The van der Waals surface area contributed by atoms with E-state index in [0.29, 0.717) is 63.8 Å². The van der Waals surface area contributed by atoms with Crippen molar-refractivity contribution in [3.05, 3.63) is 113 Å². The van der Waals surface area contributed by atoms with Crippen LogP contribution < -0.4 is 25.0 Å². The van der Waals surface area contributed by atoms with Gasteiger partial charge >= 0.3 is 0 Å². The molecule has 0 saturated carbocycles. The molecule has 304 valence electrons. The van der Waals surface area contributed by atoms with Crippen molar-refractivity contribution in [3.63, 3.8) is 0 Å². The Balaban J connectivity index is 1.23. The second-order valence-electron chi connectivity index (χ2n) is 15.7. The second-order valence-corrected chi connectivity index (χ2v) is 19.5. The molecule has 1 spiro atoms. The summed E-state index contributed by atoms with van der Waals surface area (Å²) < 4.78 is 33.9. The maximum Gasteiger partial charge on any atom is 0.264 e. The number of carbonyl (C=O) groups is 4. The number of benzene rings is 4. The number of fused-ring (bicyclic) bond motifs is 2. The molecular formula is C44H49FN4O8Si. The number of methoxy groups -OCH3 is 2. The molecule has 12 nitrogen and oxygen atoms in total. The first-order chi connectivity index (χ1) is 27.8. The molecule has 0 bridgehead atoms. The Morgan fingerprint density at radius 1 is 0.897 bits per heavy atom. The predicted molar refractivity (Wildman–Crippen MR) is 220 cm³/mol. The van der Waals surface area contributed by atoms with Crippen molar-refractivity contribution < 1.29 is 42.6 Å². The van der Waals surface area contributed by atoms with E-state index in [1.165, 1.54) is 0 Å². The van der Waals surface area contributed by atoms with Crippen LogP contribution in [0.25, 0.3) is 0 Å². The van der Waals surface area contributed by atoms with E-state index in [0.717, 1.165) is 6.42 Å². The molecule has 3 N–H and O–H groups in total. The molecule has 4 amide bonds. The first-order valence-electron chi connectivity index (χ1n) is 19.5. The van der Waals surface area contributed by atoms with Crippen molar-refractivity contribution in [1.29, 1.82) is 0 Å². The van der Waals surface area contributed by atoms with Crippen LogP contribution in [0.4, 0.5) is 21.2 Å². The zero-order valence-electron chi connectivity index (χ0n) is 33.3. The normalized spacial score (nSPS) is 22.6. The van der Waals surface area contributed by atoms with Gasteiger partial charge in [-0.15, -0.1) is 0 Å². The minimum Gasteiger partial charge on any atom is -0.497 e. The van der Waals surface area contributed by atoms with E-state index in [4.69, 9.17) is 14.2 Å². The highest BCUT2D eigenvalue weighted by molar-refractivity contribution is 6.72. The smallest absolute Gasteiger partial charge is 0.264 e. The first-order valence-corrected chi connectivity index (χ1v) is 22.5. The SMILES string of the molecule is COc1ccc(C(=O)Nc2cccc(CN3C(=O)[C@@]4(O[C@@H](CC(=O)N5CCC[C@H]5CO)[C@H]([Si](C)(C)F)[C@H]4C)c4cc(NC(=O)c5ccc(OC)cc5)ccc43)c2)cc1. The summed E-state index contributed by atoms with van der Waals surface area (Å²) in [4.78, 5) is 58.8. The Hall–Kier alpha value is -5.57. The van der Waals surface area contributed by atoms with Crippen LogP contribution in [-0.2, 0) is 26.5 Å². The van der Waals surface area contributed by atoms with Gasteiger partial charge in [0.05, 0.1) is 51.6 Å². The van der Waals surface area contributed by atoms with E-state index < -0.39 is 37.5 Å². The number of amides is 4. The minimum atomic E-state index is -3.61. The molecule has 4 aromatic rings. The molecule has 0 unspecified atom stereocenters. The Bertz CT molecular complexity index is 2200. The Morgan fingerprint density at radius 2 is 1.50 bits per heavy atom. The predicted octanol–water partition coefficient (Wildman–Crippen LogP) is 6.90. The third-order valence-electron chi connectivity index (χ3n) is 11.7. The summed E-state index contributed by atoms with van der Waals surface area (Å²) in [6.45, 7) is 5.39. The van der Waals surface area contributed by atoms with Gasteiger partial charge in [-0.2, -0.15) is 0 Å². The van der Waals surface area contributed by atoms with Crippen molar-refractivity contribution in [3.8, 4) is 11.5 Å².